The summed E-state index contributed by atoms with van der Waals surface area (Å²) in [5.41, 5.74) is 0. The first kappa shape index (κ1) is 12.2. The monoisotopic (exact) mass is 253 g/mol. The summed E-state index contributed by atoms with van der Waals surface area (Å²) < 4.78 is 7.22. The molecule has 0 aromatic carbocycles. The molecule has 0 saturated heterocycles. The molecule has 2 aromatic heterocycles. The van der Waals surface area contributed by atoms with E-state index in [1.807, 2.05) is 23.7 Å². The zero-order chi connectivity index (χ0) is 12.4. The predicted molar refractivity (Wildman–Crippen MR) is 66.9 cm³/mol. The van der Waals surface area contributed by atoms with Crippen LogP contribution in [0.1, 0.15) is 37.5 Å². The van der Waals surface area contributed by atoms with Crippen LogP contribution in [0.5, 0.6) is 0 Å². The largest absolute Gasteiger partial charge is 0.468 e. The van der Waals surface area contributed by atoms with Gasteiger partial charge in [-0.25, -0.2) is 4.98 Å². The summed E-state index contributed by atoms with van der Waals surface area (Å²) in [6.45, 7) is 4.11. The summed E-state index contributed by atoms with van der Waals surface area (Å²) in [7, 11) is 1.90. The Morgan fingerprint density at radius 3 is 2.71 bits per heavy atom. The highest BCUT2D eigenvalue weighted by Crippen LogP contribution is 2.20. The molecule has 17 heavy (non-hydrogen) atoms. The lowest BCUT2D eigenvalue weighted by atomic mass is 10.2. The van der Waals surface area contributed by atoms with Gasteiger partial charge < -0.3 is 8.98 Å². The summed E-state index contributed by atoms with van der Waals surface area (Å²) in [6.07, 6.45) is 3.34. The van der Waals surface area contributed by atoms with E-state index >= 15 is 0 Å². The predicted octanol–water partition coefficient (Wildman–Crippen LogP) is 3.08. The Labute approximate surface area is 106 Å². The number of rotatable bonds is 4. The molecule has 0 aliphatic rings. The first-order valence-electron chi connectivity index (χ1n) is 5.56. The van der Waals surface area contributed by atoms with Crippen LogP contribution in [-0.2, 0) is 7.05 Å². The van der Waals surface area contributed by atoms with E-state index in [-0.39, 0.29) is 12.1 Å². The van der Waals surface area contributed by atoms with E-state index in [0.29, 0.717) is 5.15 Å². The molecular formula is C12H16ClN3O. The lowest BCUT2D eigenvalue weighted by Gasteiger charge is -2.18. The van der Waals surface area contributed by atoms with Crippen molar-refractivity contribution in [2.24, 2.45) is 7.05 Å². The number of nitrogens with one attached hydrogen (secondary N) is 1. The molecule has 2 aromatic rings. The van der Waals surface area contributed by atoms with Gasteiger partial charge in [0.25, 0.3) is 0 Å². The summed E-state index contributed by atoms with van der Waals surface area (Å²) in [5.74, 6) is 1.82. The van der Waals surface area contributed by atoms with Crippen molar-refractivity contribution in [2.45, 2.75) is 25.9 Å². The molecule has 5 heteroatoms. The highest BCUT2D eigenvalue weighted by atomic mass is 35.5. The molecule has 0 aliphatic carbocycles. The number of furan rings is 1. The van der Waals surface area contributed by atoms with Crippen LogP contribution in [0.2, 0.25) is 5.15 Å². The quantitative estimate of drug-likeness (QED) is 0.911. The topological polar surface area (TPSA) is 43.0 Å². The van der Waals surface area contributed by atoms with E-state index in [1.54, 1.807) is 12.5 Å². The minimum atomic E-state index is 0.104. The molecule has 2 atom stereocenters. The minimum absolute atomic E-state index is 0.104. The van der Waals surface area contributed by atoms with Gasteiger partial charge in [0.15, 0.2) is 0 Å². The average molecular weight is 254 g/mol. The van der Waals surface area contributed by atoms with Gasteiger partial charge >= 0.3 is 0 Å². The molecule has 0 amide bonds. The fourth-order valence-corrected chi connectivity index (χ4v) is 2.01. The van der Waals surface area contributed by atoms with Crippen molar-refractivity contribution in [1.29, 1.82) is 0 Å². The third-order valence-electron chi connectivity index (χ3n) is 2.82. The van der Waals surface area contributed by atoms with E-state index in [4.69, 9.17) is 16.0 Å². The van der Waals surface area contributed by atoms with Crippen molar-refractivity contribution in [3.63, 3.8) is 0 Å². The smallest absolute Gasteiger partial charge is 0.128 e. The maximum Gasteiger partial charge on any atom is 0.128 e. The average Bonchev–Trinajstić information content (AvgIpc) is 2.90. The number of imidazole rings is 1. The Balaban J connectivity index is 2.07. The standard InChI is InChI=1S/C12H16ClN3O/c1-8(10-5-4-6-17-10)15-9(2)12-14-7-11(13)16(12)3/h4-9,15H,1-3H3. The molecule has 0 bridgehead atoms. The second-order valence-electron chi connectivity index (χ2n) is 4.12. The van der Waals surface area contributed by atoms with Crippen LogP contribution in [-0.4, -0.2) is 9.55 Å². The van der Waals surface area contributed by atoms with E-state index in [1.165, 1.54) is 0 Å². The number of halogens is 1. The van der Waals surface area contributed by atoms with Crippen molar-refractivity contribution < 1.29 is 4.42 Å². The Morgan fingerprint density at radius 1 is 1.41 bits per heavy atom. The van der Waals surface area contributed by atoms with Gasteiger partial charge in [0.2, 0.25) is 0 Å². The van der Waals surface area contributed by atoms with Crippen molar-refractivity contribution in [2.75, 3.05) is 0 Å². The lowest BCUT2D eigenvalue weighted by molar-refractivity contribution is 0.393. The summed E-state index contributed by atoms with van der Waals surface area (Å²) in [5, 5.41) is 4.06. The van der Waals surface area contributed by atoms with Crippen LogP contribution < -0.4 is 5.32 Å². The normalized spacial score (nSPS) is 14.8. The van der Waals surface area contributed by atoms with Gasteiger partial charge in [-0.3, -0.25) is 5.32 Å². The number of aromatic nitrogens is 2. The maximum absolute atomic E-state index is 5.96. The molecule has 4 nitrogen and oxygen atoms in total. The number of nitrogens with zero attached hydrogens (tertiary/aromatic N) is 2. The minimum Gasteiger partial charge on any atom is -0.468 e. The molecule has 2 rings (SSSR count). The van der Waals surface area contributed by atoms with Crippen LogP contribution in [0.25, 0.3) is 0 Å². The van der Waals surface area contributed by atoms with Crippen LogP contribution in [0.3, 0.4) is 0 Å². The Kier molecular flexibility index (Phi) is 3.54. The zero-order valence-corrected chi connectivity index (χ0v) is 10.9. The maximum atomic E-state index is 5.96. The SMILES string of the molecule is CC(NC(C)c1ncc(Cl)n1C)c1ccco1. The molecule has 0 fully saturated rings. The van der Waals surface area contributed by atoms with Crippen molar-refractivity contribution >= 4 is 11.6 Å². The molecular weight excluding hydrogens is 238 g/mol. The van der Waals surface area contributed by atoms with E-state index in [0.717, 1.165) is 11.6 Å². The van der Waals surface area contributed by atoms with Gasteiger partial charge in [-0.2, -0.15) is 0 Å². The fourth-order valence-electron chi connectivity index (χ4n) is 1.87. The lowest BCUT2D eigenvalue weighted by Crippen LogP contribution is -2.24. The van der Waals surface area contributed by atoms with Gasteiger partial charge in [0.05, 0.1) is 24.5 Å². The van der Waals surface area contributed by atoms with Gasteiger partial charge in [-0.1, -0.05) is 11.6 Å². The van der Waals surface area contributed by atoms with Crippen LogP contribution in [0.15, 0.2) is 29.0 Å². The molecule has 0 radical (unpaired) electrons. The molecule has 0 spiro atoms. The van der Waals surface area contributed by atoms with Crippen LogP contribution in [0, 0.1) is 0 Å². The second-order valence-corrected chi connectivity index (χ2v) is 4.51. The second kappa shape index (κ2) is 4.94. The first-order chi connectivity index (χ1) is 8.09. The van der Waals surface area contributed by atoms with Crippen LogP contribution >= 0.6 is 11.6 Å². The molecule has 1 N–H and O–H groups in total. The Morgan fingerprint density at radius 2 is 2.18 bits per heavy atom. The number of hydrogen-bond donors (Lipinski definition) is 1. The van der Waals surface area contributed by atoms with Gasteiger partial charge in [-0.05, 0) is 26.0 Å². The molecule has 0 saturated carbocycles. The zero-order valence-electron chi connectivity index (χ0n) is 10.1. The van der Waals surface area contributed by atoms with Gasteiger partial charge in [0.1, 0.15) is 16.7 Å². The van der Waals surface area contributed by atoms with Gasteiger partial charge in [0, 0.05) is 7.05 Å². The summed E-state index contributed by atoms with van der Waals surface area (Å²) >= 11 is 5.96. The molecule has 0 aliphatic heterocycles. The molecule has 2 heterocycles. The Bertz CT molecular complexity index is 478. The first-order valence-corrected chi connectivity index (χ1v) is 5.94. The molecule has 2 unspecified atom stereocenters. The fraction of sp³-hybridized carbons (Fsp3) is 0.417. The summed E-state index contributed by atoms with van der Waals surface area (Å²) in [4.78, 5) is 4.29. The van der Waals surface area contributed by atoms with Crippen LogP contribution in [0.4, 0.5) is 0 Å². The van der Waals surface area contributed by atoms with Crippen molar-refractivity contribution in [3.05, 3.63) is 41.3 Å². The Hall–Kier alpha value is -1.26. The van der Waals surface area contributed by atoms with Gasteiger partial charge in [-0.15, -0.1) is 0 Å². The van der Waals surface area contributed by atoms with E-state index in [2.05, 4.69) is 24.1 Å². The van der Waals surface area contributed by atoms with E-state index in [9.17, 15) is 0 Å². The summed E-state index contributed by atoms with van der Waals surface area (Å²) in [6, 6.07) is 4.08. The highest BCUT2D eigenvalue weighted by molar-refractivity contribution is 6.29. The number of hydrogen-bond acceptors (Lipinski definition) is 3. The van der Waals surface area contributed by atoms with E-state index < -0.39 is 0 Å². The van der Waals surface area contributed by atoms with Crippen molar-refractivity contribution in [1.82, 2.24) is 14.9 Å². The van der Waals surface area contributed by atoms with Crippen molar-refractivity contribution in [3.8, 4) is 0 Å². The molecule has 92 valence electrons. The highest BCUT2D eigenvalue weighted by Gasteiger charge is 2.17. The third-order valence-corrected chi connectivity index (χ3v) is 3.18. The third kappa shape index (κ3) is 2.53.